The summed E-state index contributed by atoms with van der Waals surface area (Å²) in [5, 5.41) is 0. The number of nitrogens with zero attached hydrogens (tertiary/aromatic N) is 2. The Labute approximate surface area is 115 Å². The quantitative estimate of drug-likeness (QED) is 0.851. The maximum absolute atomic E-state index is 12.3. The number of rotatable bonds is 6. The van der Waals surface area contributed by atoms with Gasteiger partial charge in [0, 0.05) is 24.7 Å². The Balaban J connectivity index is 1.96. The van der Waals surface area contributed by atoms with Gasteiger partial charge < -0.3 is 10.6 Å². The topological polar surface area (TPSA) is 59.2 Å². The van der Waals surface area contributed by atoms with Gasteiger partial charge in [-0.15, -0.1) is 0 Å². The maximum atomic E-state index is 12.3. The highest BCUT2D eigenvalue weighted by atomic mass is 16.2. The molecule has 1 aromatic rings. The first-order valence-electron chi connectivity index (χ1n) is 7.03. The minimum Gasteiger partial charge on any atom is -0.334 e. The van der Waals surface area contributed by atoms with Crippen LogP contribution in [0.1, 0.15) is 38.8 Å². The molecule has 1 fully saturated rings. The van der Waals surface area contributed by atoms with Crippen molar-refractivity contribution in [2.75, 3.05) is 0 Å². The van der Waals surface area contributed by atoms with Crippen molar-refractivity contribution in [2.24, 2.45) is 11.7 Å². The van der Waals surface area contributed by atoms with Gasteiger partial charge in [0.1, 0.15) is 0 Å². The van der Waals surface area contributed by atoms with Crippen molar-refractivity contribution in [1.82, 2.24) is 9.88 Å². The van der Waals surface area contributed by atoms with Gasteiger partial charge in [-0.25, -0.2) is 0 Å². The first kappa shape index (κ1) is 14.0. The summed E-state index contributed by atoms with van der Waals surface area (Å²) in [6.07, 6.45) is 4.57. The lowest BCUT2D eigenvalue weighted by molar-refractivity contribution is -0.134. The van der Waals surface area contributed by atoms with Crippen LogP contribution in [0.2, 0.25) is 0 Å². The van der Waals surface area contributed by atoms with Gasteiger partial charge in [-0.1, -0.05) is 6.07 Å². The second-order valence-electron chi connectivity index (χ2n) is 5.64. The molecule has 0 spiro atoms. The second kappa shape index (κ2) is 6.15. The number of carbonyl (C=O) groups excluding carboxylic acids is 1. The van der Waals surface area contributed by atoms with Crippen molar-refractivity contribution in [3.63, 3.8) is 0 Å². The van der Waals surface area contributed by atoms with Crippen molar-refractivity contribution >= 4 is 5.91 Å². The molecule has 1 aromatic heterocycles. The highest BCUT2D eigenvalue weighted by Crippen LogP contribution is 2.33. The lowest BCUT2D eigenvalue weighted by atomic mass is 10.1. The third-order valence-electron chi connectivity index (χ3n) is 3.64. The number of hydrogen-bond donors (Lipinski definition) is 1. The molecule has 1 aliphatic rings. The second-order valence-corrected chi connectivity index (χ2v) is 5.64. The fourth-order valence-corrected chi connectivity index (χ4v) is 2.23. The molecule has 2 N–H and O–H groups in total. The lowest BCUT2D eigenvalue weighted by Crippen LogP contribution is -2.40. The summed E-state index contributed by atoms with van der Waals surface area (Å²) >= 11 is 0. The molecule has 4 nitrogen and oxygen atoms in total. The standard InChI is InChI=1S/C15H23N3O/c1-11(2)18(10-13-5-3-4-8-17-13)15(19)9-14(16)12-6-7-12/h3-5,8,11-12,14H,6-7,9-10,16H2,1-2H3. The fourth-order valence-electron chi connectivity index (χ4n) is 2.23. The van der Waals surface area contributed by atoms with Gasteiger partial charge >= 0.3 is 0 Å². The van der Waals surface area contributed by atoms with Crippen LogP contribution >= 0.6 is 0 Å². The number of pyridine rings is 1. The van der Waals surface area contributed by atoms with Gasteiger partial charge in [-0.05, 0) is 44.7 Å². The summed E-state index contributed by atoms with van der Waals surface area (Å²) in [5.41, 5.74) is 6.97. The lowest BCUT2D eigenvalue weighted by Gasteiger charge is -2.27. The van der Waals surface area contributed by atoms with Crippen LogP contribution in [0.3, 0.4) is 0 Å². The van der Waals surface area contributed by atoms with E-state index in [2.05, 4.69) is 4.98 Å². The highest BCUT2D eigenvalue weighted by Gasteiger charge is 2.31. The minimum absolute atomic E-state index is 0.0254. The number of carbonyl (C=O) groups is 1. The van der Waals surface area contributed by atoms with E-state index >= 15 is 0 Å². The Hall–Kier alpha value is -1.42. The molecule has 4 heteroatoms. The van der Waals surface area contributed by atoms with Crippen LogP contribution in [0.4, 0.5) is 0 Å². The van der Waals surface area contributed by atoms with Crippen LogP contribution < -0.4 is 5.73 Å². The van der Waals surface area contributed by atoms with Crippen LogP contribution in [0.5, 0.6) is 0 Å². The van der Waals surface area contributed by atoms with Gasteiger partial charge in [-0.3, -0.25) is 9.78 Å². The molecule has 2 rings (SSSR count). The summed E-state index contributed by atoms with van der Waals surface area (Å²) in [5.74, 6) is 0.702. The highest BCUT2D eigenvalue weighted by molar-refractivity contribution is 5.77. The SMILES string of the molecule is CC(C)N(Cc1ccccn1)C(=O)CC(N)C1CC1. The Morgan fingerprint density at radius 3 is 2.74 bits per heavy atom. The molecule has 1 atom stereocenters. The van der Waals surface area contributed by atoms with Crippen LogP contribution in [0.15, 0.2) is 24.4 Å². The molecule has 19 heavy (non-hydrogen) atoms. The van der Waals surface area contributed by atoms with E-state index < -0.39 is 0 Å². The fraction of sp³-hybridized carbons (Fsp3) is 0.600. The number of nitrogens with two attached hydrogens (primary N) is 1. The van der Waals surface area contributed by atoms with E-state index in [0.29, 0.717) is 18.9 Å². The molecular formula is C15H23N3O. The first-order chi connectivity index (χ1) is 9.08. The van der Waals surface area contributed by atoms with Gasteiger partial charge in [0.25, 0.3) is 0 Å². The van der Waals surface area contributed by atoms with E-state index in [-0.39, 0.29) is 18.0 Å². The largest absolute Gasteiger partial charge is 0.334 e. The smallest absolute Gasteiger partial charge is 0.224 e. The van der Waals surface area contributed by atoms with Crippen LogP contribution in [-0.2, 0) is 11.3 Å². The van der Waals surface area contributed by atoms with Gasteiger partial charge in [0.05, 0.1) is 12.2 Å². The maximum Gasteiger partial charge on any atom is 0.224 e. The van der Waals surface area contributed by atoms with Crippen molar-refractivity contribution in [2.45, 2.75) is 51.7 Å². The summed E-state index contributed by atoms with van der Waals surface area (Å²) in [6, 6.07) is 5.97. The van der Waals surface area contributed by atoms with Crippen molar-refractivity contribution < 1.29 is 4.79 Å². The summed E-state index contributed by atoms with van der Waals surface area (Å²) in [6.45, 7) is 4.63. The Bertz CT molecular complexity index is 415. The van der Waals surface area contributed by atoms with E-state index in [1.807, 2.05) is 36.9 Å². The van der Waals surface area contributed by atoms with Crippen molar-refractivity contribution in [3.8, 4) is 0 Å². The molecule has 1 amide bonds. The van der Waals surface area contributed by atoms with Crippen molar-refractivity contribution in [1.29, 1.82) is 0 Å². The van der Waals surface area contributed by atoms with Gasteiger partial charge in [0.15, 0.2) is 0 Å². The van der Waals surface area contributed by atoms with Crippen LogP contribution in [0.25, 0.3) is 0 Å². The minimum atomic E-state index is 0.0254. The van der Waals surface area contributed by atoms with Gasteiger partial charge in [-0.2, -0.15) is 0 Å². The van der Waals surface area contributed by atoms with Crippen LogP contribution in [0, 0.1) is 5.92 Å². The van der Waals surface area contributed by atoms with E-state index in [9.17, 15) is 4.79 Å². The molecule has 0 radical (unpaired) electrons. The Morgan fingerprint density at radius 1 is 1.47 bits per heavy atom. The third kappa shape index (κ3) is 4.03. The van der Waals surface area contributed by atoms with Crippen LogP contribution in [-0.4, -0.2) is 27.9 Å². The molecule has 0 aliphatic heterocycles. The number of aromatic nitrogens is 1. The molecule has 1 unspecified atom stereocenters. The predicted molar refractivity (Wildman–Crippen MR) is 75.2 cm³/mol. The zero-order valence-electron chi connectivity index (χ0n) is 11.7. The molecule has 0 saturated heterocycles. The van der Waals surface area contributed by atoms with E-state index in [1.165, 1.54) is 12.8 Å². The monoisotopic (exact) mass is 261 g/mol. The normalized spacial score (nSPS) is 16.4. The number of hydrogen-bond acceptors (Lipinski definition) is 3. The molecule has 0 aromatic carbocycles. The molecule has 104 valence electrons. The average Bonchev–Trinajstić information content (AvgIpc) is 3.20. The molecule has 1 saturated carbocycles. The number of amides is 1. The zero-order valence-corrected chi connectivity index (χ0v) is 11.7. The Kier molecular flexibility index (Phi) is 4.53. The average molecular weight is 261 g/mol. The molecule has 1 aliphatic carbocycles. The van der Waals surface area contributed by atoms with Gasteiger partial charge in [0.2, 0.25) is 5.91 Å². The molecule has 1 heterocycles. The summed E-state index contributed by atoms with van der Waals surface area (Å²) in [4.78, 5) is 18.5. The molecular weight excluding hydrogens is 238 g/mol. The van der Waals surface area contributed by atoms with E-state index in [0.717, 1.165) is 5.69 Å². The Morgan fingerprint density at radius 2 is 2.21 bits per heavy atom. The summed E-state index contributed by atoms with van der Waals surface area (Å²) in [7, 11) is 0. The summed E-state index contributed by atoms with van der Waals surface area (Å²) < 4.78 is 0. The third-order valence-corrected chi connectivity index (χ3v) is 3.64. The van der Waals surface area contributed by atoms with E-state index in [1.54, 1.807) is 6.20 Å². The zero-order chi connectivity index (χ0) is 13.8. The predicted octanol–water partition coefficient (Wildman–Crippen LogP) is 1.95. The van der Waals surface area contributed by atoms with Crippen molar-refractivity contribution in [3.05, 3.63) is 30.1 Å². The first-order valence-corrected chi connectivity index (χ1v) is 7.03. The molecule has 0 bridgehead atoms. The van der Waals surface area contributed by atoms with E-state index in [4.69, 9.17) is 5.73 Å².